The summed E-state index contributed by atoms with van der Waals surface area (Å²) in [7, 11) is 0. The first kappa shape index (κ1) is 17.5. The molecule has 0 unspecified atom stereocenters. The molecule has 2 N–H and O–H groups in total. The zero-order valence-corrected chi connectivity index (χ0v) is 15.2. The van der Waals surface area contributed by atoms with Crippen molar-refractivity contribution in [3.63, 3.8) is 0 Å². The van der Waals surface area contributed by atoms with Crippen LogP contribution in [0.15, 0.2) is 57.7 Å². The molecule has 4 rings (SSSR count). The first-order valence-corrected chi connectivity index (χ1v) is 9.28. The van der Waals surface area contributed by atoms with Crippen molar-refractivity contribution in [2.45, 2.75) is 25.8 Å². The molecule has 27 heavy (non-hydrogen) atoms. The van der Waals surface area contributed by atoms with Gasteiger partial charge in [-0.2, -0.15) is 0 Å². The summed E-state index contributed by atoms with van der Waals surface area (Å²) < 4.78 is 6.12. The molecule has 3 aromatic rings. The Morgan fingerprint density at radius 2 is 1.96 bits per heavy atom. The lowest BCUT2D eigenvalue weighted by molar-refractivity contribution is 0.0931. The molecule has 1 saturated heterocycles. The molecule has 0 bridgehead atoms. The molecule has 1 atom stereocenters. The molecular formula is C22H22N2O3. The summed E-state index contributed by atoms with van der Waals surface area (Å²) in [6.07, 6.45) is 1.98. The summed E-state index contributed by atoms with van der Waals surface area (Å²) in [6, 6.07) is 14.7. The normalized spacial score (nSPS) is 17.0. The highest BCUT2D eigenvalue weighted by Crippen LogP contribution is 2.27. The number of nitrogens with one attached hydrogen (secondary N) is 2. The van der Waals surface area contributed by atoms with Crippen LogP contribution >= 0.6 is 0 Å². The molecule has 138 valence electrons. The standard InChI is InChI=1S/C22H22N2O3/c1-14-19(25)17-10-5-11-18(22(26)24-16-9-6-12-23-13-16)21(17)27-20(14)15-7-3-2-4-8-15/h2-5,7-8,10-11,16,23H,6,9,12-13H2,1H3,(H,24,26)/t16-/m0/s1. The van der Waals surface area contributed by atoms with E-state index >= 15 is 0 Å². The third kappa shape index (κ3) is 3.38. The van der Waals surface area contributed by atoms with Crippen molar-refractivity contribution in [2.75, 3.05) is 13.1 Å². The van der Waals surface area contributed by atoms with Gasteiger partial charge in [0.25, 0.3) is 5.91 Å². The van der Waals surface area contributed by atoms with Crippen LogP contribution in [-0.2, 0) is 0 Å². The second-order valence-corrected chi connectivity index (χ2v) is 6.95. The number of rotatable bonds is 3. The number of benzene rings is 2. The van der Waals surface area contributed by atoms with Crippen LogP contribution < -0.4 is 16.1 Å². The Morgan fingerprint density at radius 1 is 1.15 bits per heavy atom. The number of fused-ring (bicyclic) bond motifs is 1. The molecular weight excluding hydrogens is 340 g/mol. The predicted molar refractivity (Wildman–Crippen MR) is 106 cm³/mol. The largest absolute Gasteiger partial charge is 0.455 e. The van der Waals surface area contributed by atoms with E-state index in [-0.39, 0.29) is 17.4 Å². The van der Waals surface area contributed by atoms with Gasteiger partial charge in [0.15, 0.2) is 11.0 Å². The van der Waals surface area contributed by atoms with E-state index in [0.29, 0.717) is 27.9 Å². The van der Waals surface area contributed by atoms with Crippen molar-refractivity contribution in [3.05, 3.63) is 69.9 Å². The molecule has 1 amide bonds. The second kappa shape index (κ2) is 7.37. The topological polar surface area (TPSA) is 71.3 Å². The van der Waals surface area contributed by atoms with Gasteiger partial charge in [-0.05, 0) is 38.4 Å². The maximum atomic E-state index is 12.9. The Labute approximate surface area is 157 Å². The molecule has 1 aliphatic rings. The van der Waals surface area contributed by atoms with Crippen LogP contribution in [-0.4, -0.2) is 25.0 Å². The number of amides is 1. The van der Waals surface area contributed by atoms with Crippen LogP contribution in [0.4, 0.5) is 0 Å². The minimum atomic E-state index is -0.208. The quantitative estimate of drug-likeness (QED) is 0.750. The number of carbonyl (C=O) groups is 1. The van der Waals surface area contributed by atoms with Gasteiger partial charge < -0.3 is 15.1 Å². The predicted octanol–water partition coefficient (Wildman–Crippen LogP) is 3.25. The first-order valence-electron chi connectivity index (χ1n) is 9.28. The van der Waals surface area contributed by atoms with E-state index in [4.69, 9.17) is 4.42 Å². The van der Waals surface area contributed by atoms with E-state index in [1.165, 1.54) is 0 Å². The van der Waals surface area contributed by atoms with Crippen molar-refractivity contribution in [3.8, 4) is 11.3 Å². The summed E-state index contributed by atoms with van der Waals surface area (Å²) in [4.78, 5) is 25.8. The molecule has 1 aliphatic heterocycles. The Hall–Kier alpha value is -2.92. The summed E-state index contributed by atoms with van der Waals surface area (Å²) in [5.74, 6) is 0.299. The third-order valence-corrected chi connectivity index (χ3v) is 5.06. The monoisotopic (exact) mass is 362 g/mol. The lowest BCUT2D eigenvalue weighted by atomic mass is 10.0. The Kier molecular flexibility index (Phi) is 4.77. The summed E-state index contributed by atoms with van der Waals surface area (Å²) in [6.45, 7) is 3.50. The van der Waals surface area contributed by atoms with Gasteiger partial charge in [-0.1, -0.05) is 36.4 Å². The van der Waals surface area contributed by atoms with Gasteiger partial charge in [0.05, 0.1) is 10.9 Å². The van der Waals surface area contributed by atoms with E-state index in [2.05, 4.69) is 10.6 Å². The highest BCUT2D eigenvalue weighted by Gasteiger charge is 2.21. The van der Waals surface area contributed by atoms with Crippen molar-refractivity contribution >= 4 is 16.9 Å². The minimum Gasteiger partial charge on any atom is -0.455 e. The average molecular weight is 362 g/mol. The van der Waals surface area contributed by atoms with Gasteiger partial charge in [0, 0.05) is 23.7 Å². The lowest BCUT2D eigenvalue weighted by Gasteiger charge is -2.24. The highest BCUT2D eigenvalue weighted by atomic mass is 16.3. The first-order chi connectivity index (χ1) is 13.1. The third-order valence-electron chi connectivity index (χ3n) is 5.06. The van der Waals surface area contributed by atoms with Gasteiger partial charge in [-0.25, -0.2) is 0 Å². The molecule has 1 fully saturated rings. The highest BCUT2D eigenvalue weighted by molar-refractivity contribution is 6.05. The van der Waals surface area contributed by atoms with E-state index in [9.17, 15) is 9.59 Å². The maximum Gasteiger partial charge on any atom is 0.255 e. The zero-order valence-electron chi connectivity index (χ0n) is 15.2. The van der Waals surface area contributed by atoms with Crippen molar-refractivity contribution in [1.29, 1.82) is 0 Å². The number of carbonyl (C=O) groups excluding carboxylic acids is 1. The average Bonchev–Trinajstić information content (AvgIpc) is 2.71. The van der Waals surface area contributed by atoms with Crippen molar-refractivity contribution in [1.82, 2.24) is 10.6 Å². The van der Waals surface area contributed by atoms with E-state index in [1.54, 1.807) is 25.1 Å². The van der Waals surface area contributed by atoms with Crippen molar-refractivity contribution < 1.29 is 9.21 Å². The van der Waals surface area contributed by atoms with Gasteiger partial charge in [-0.15, -0.1) is 0 Å². The smallest absolute Gasteiger partial charge is 0.255 e. The van der Waals surface area contributed by atoms with Crippen LogP contribution in [0.25, 0.3) is 22.3 Å². The van der Waals surface area contributed by atoms with Crippen LogP contribution in [0, 0.1) is 6.92 Å². The van der Waals surface area contributed by atoms with Crippen molar-refractivity contribution in [2.24, 2.45) is 0 Å². The number of hydrogen-bond donors (Lipinski definition) is 2. The van der Waals surface area contributed by atoms with Crippen LogP contribution in [0.3, 0.4) is 0 Å². The van der Waals surface area contributed by atoms with E-state index in [0.717, 1.165) is 31.5 Å². The Balaban J connectivity index is 1.81. The van der Waals surface area contributed by atoms with Crippen LogP contribution in [0.1, 0.15) is 28.8 Å². The van der Waals surface area contributed by atoms with Crippen LogP contribution in [0.2, 0.25) is 0 Å². The van der Waals surface area contributed by atoms with Gasteiger partial charge >= 0.3 is 0 Å². The van der Waals surface area contributed by atoms with Gasteiger partial charge in [0.2, 0.25) is 0 Å². The van der Waals surface area contributed by atoms with E-state index in [1.807, 2.05) is 30.3 Å². The SMILES string of the molecule is Cc1c(-c2ccccc2)oc2c(C(=O)N[C@H]3CCCNC3)cccc2c1=O. The van der Waals surface area contributed by atoms with E-state index < -0.39 is 0 Å². The lowest BCUT2D eigenvalue weighted by Crippen LogP contribution is -2.45. The number of para-hydroxylation sites is 1. The van der Waals surface area contributed by atoms with Crippen LogP contribution in [0.5, 0.6) is 0 Å². The summed E-state index contributed by atoms with van der Waals surface area (Å²) in [5, 5.41) is 6.78. The molecule has 5 nitrogen and oxygen atoms in total. The fraction of sp³-hybridized carbons (Fsp3) is 0.273. The minimum absolute atomic E-state index is 0.0901. The molecule has 1 aromatic heterocycles. The van der Waals surface area contributed by atoms with Gasteiger partial charge in [-0.3, -0.25) is 9.59 Å². The fourth-order valence-electron chi connectivity index (χ4n) is 3.59. The maximum absolute atomic E-state index is 12.9. The summed E-state index contributed by atoms with van der Waals surface area (Å²) in [5.41, 5.74) is 1.99. The fourth-order valence-corrected chi connectivity index (χ4v) is 3.59. The number of piperidine rings is 1. The Morgan fingerprint density at radius 3 is 2.70 bits per heavy atom. The molecule has 2 aromatic carbocycles. The Bertz CT molecular complexity index is 1030. The summed E-state index contributed by atoms with van der Waals surface area (Å²) >= 11 is 0. The number of hydrogen-bond acceptors (Lipinski definition) is 4. The zero-order chi connectivity index (χ0) is 18.8. The molecule has 0 saturated carbocycles. The molecule has 5 heteroatoms. The molecule has 2 heterocycles. The molecule has 0 aliphatic carbocycles. The van der Waals surface area contributed by atoms with Gasteiger partial charge in [0.1, 0.15) is 5.76 Å². The second-order valence-electron chi connectivity index (χ2n) is 6.95. The molecule has 0 spiro atoms. The molecule has 0 radical (unpaired) electrons.